The Kier molecular flexibility index (Phi) is 18.8. The van der Waals surface area contributed by atoms with Crippen LogP contribution in [0, 0.1) is 90.9 Å². The zero-order valence-electron chi connectivity index (χ0n) is 77.8. The van der Waals surface area contributed by atoms with Crippen molar-refractivity contribution in [3.63, 3.8) is 0 Å². The van der Waals surface area contributed by atoms with Gasteiger partial charge < -0.3 is 4.42 Å². The summed E-state index contributed by atoms with van der Waals surface area (Å²) in [6, 6.07) is 55.1. The summed E-state index contributed by atoms with van der Waals surface area (Å²) in [5.41, 5.74) is 38.2. The largest absolute Gasteiger partial charge is 0.455 e. The molecule has 115 heavy (non-hydrogen) atoms. The third-order valence-electron chi connectivity index (χ3n) is 30.1. The van der Waals surface area contributed by atoms with Crippen LogP contribution in [0.1, 0.15) is 250 Å². The van der Waals surface area contributed by atoms with Gasteiger partial charge in [-0.25, -0.2) is 4.57 Å². The van der Waals surface area contributed by atoms with E-state index in [0.717, 1.165) is 103 Å². The highest BCUT2D eigenvalue weighted by Crippen LogP contribution is 2.53. The second kappa shape index (κ2) is 30.8. The molecule has 590 valence electrons. The van der Waals surface area contributed by atoms with E-state index in [9.17, 15) is 5.48 Å². The van der Waals surface area contributed by atoms with Gasteiger partial charge in [0.25, 0.3) is 0 Å². The highest BCUT2D eigenvalue weighted by molar-refractivity contribution is 6.09. The Hall–Kier alpha value is -9.06. The lowest BCUT2D eigenvalue weighted by Crippen LogP contribution is -2.38. The molecule has 8 aliphatic carbocycles. The van der Waals surface area contributed by atoms with E-state index in [0.29, 0.717) is 11.8 Å². The lowest BCUT2D eigenvalue weighted by atomic mass is 9.63. The number of furan rings is 1. The fraction of sp³-hybridized carbons (Fsp3) is 0.436. The Labute approximate surface area is 696 Å². The number of hydrogen-bond acceptors (Lipinski definition) is 1. The number of rotatable bonds is 4. The van der Waals surface area contributed by atoms with Crippen LogP contribution < -0.4 is 18.3 Å². The molecule has 0 bridgehead atoms. The Balaban J connectivity index is 0.000000110. The van der Waals surface area contributed by atoms with Gasteiger partial charge in [0.15, 0.2) is 6.20 Å². The highest BCUT2D eigenvalue weighted by atomic mass is 16.3. The predicted octanol–water partition coefficient (Wildman–Crippen LogP) is 26.1. The van der Waals surface area contributed by atoms with Crippen LogP contribution in [0.15, 0.2) is 162 Å². The van der Waals surface area contributed by atoms with Gasteiger partial charge in [-0.2, -0.15) is 13.7 Å². The van der Waals surface area contributed by atoms with Crippen molar-refractivity contribution in [3.05, 3.63) is 258 Å². The molecule has 5 aromatic heterocycles. The SMILES string of the molecule is Cc1ccc2c(oc3ccccc32)c1-c1cc2c(c[n+]1C)CCC1(CCCCC1)C2.[2H]C1([2H])CC2(CCCCC2)Cc2c1c(-c1cc(C)cc(C)c1C)[n+](C)c1ccccc21.[2H]C1([2H])c2cc3c(ccc(-c4cc(C)cc(C)c4C)[n+]3C)cc2CC12CCCC2.[2H]C1([2H])c2ccc3c(ccc(-c4cc(C)cc(C)c4C)[n+]3C)c2CCC12CCCCC2. The van der Waals surface area contributed by atoms with Crippen molar-refractivity contribution in [2.24, 2.45) is 49.9 Å². The first-order valence-electron chi connectivity index (χ1n) is 47.4. The van der Waals surface area contributed by atoms with Crippen LogP contribution in [-0.4, -0.2) is 0 Å². The van der Waals surface area contributed by atoms with Crippen LogP contribution in [0.25, 0.3) is 99.7 Å². The number of fused-ring (bicyclic) bond motifs is 12. The molecule has 8 aromatic carbocycles. The molecule has 4 spiro atoms. The van der Waals surface area contributed by atoms with Crippen LogP contribution in [0.2, 0.25) is 0 Å². The second-order valence-electron chi connectivity index (χ2n) is 37.8. The van der Waals surface area contributed by atoms with Crippen LogP contribution >= 0.6 is 0 Å². The molecule has 5 nitrogen and oxygen atoms in total. The van der Waals surface area contributed by atoms with Crippen LogP contribution in [-0.2, 0) is 79.4 Å². The monoisotopic (exact) mass is 1530 g/mol. The first-order chi connectivity index (χ1) is 57.8. The van der Waals surface area contributed by atoms with Crippen LogP contribution in [0.5, 0.6) is 0 Å². The van der Waals surface area contributed by atoms with E-state index in [1.807, 2.05) is 0 Å². The average Bonchev–Trinajstić information content (AvgIpc) is 1.67. The van der Waals surface area contributed by atoms with E-state index in [2.05, 4.69) is 274 Å². The van der Waals surface area contributed by atoms with E-state index in [1.165, 1.54) is 252 Å². The van der Waals surface area contributed by atoms with Crippen LogP contribution in [0.3, 0.4) is 0 Å². The summed E-state index contributed by atoms with van der Waals surface area (Å²) in [6.07, 6.45) is 30.3. The van der Waals surface area contributed by atoms with Gasteiger partial charge >= 0.3 is 0 Å². The molecule has 0 aliphatic heterocycles. The fourth-order valence-electron chi connectivity index (χ4n) is 23.3. The summed E-state index contributed by atoms with van der Waals surface area (Å²) in [6.45, 7) is 21.8. The minimum atomic E-state index is -1.33. The summed E-state index contributed by atoms with van der Waals surface area (Å²) in [4.78, 5) is 0. The van der Waals surface area contributed by atoms with Gasteiger partial charge in [0.05, 0.1) is 5.56 Å². The van der Waals surface area contributed by atoms with E-state index in [-0.39, 0.29) is 16.2 Å². The number of aryl methyl sites for hydroxylation is 13. The summed E-state index contributed by atoms with van der Waals surface area (Å²) in [5, 5.41) is 6.09. The highest BCUT2D eigenvalue weighted by Gasteiger charge is 2.44. The molecule has 0 unspecified atom stereocenters. The average molecular weight is 1530 g/mol. The molecule has 21 rings (SSSR count). The molecule has 13 aromatic rings. The van der Waals surface area contributed by atoms with Crippen LogP contribution in [0.4, 0.5) is 0 Å². The minimum absolute atomic E-state index is 0.117. The maximum atomic E-state index is 9.36. The first kappa shape index (κ1) is 70.2. The minimum Gasteiger partial charge on any atom is -0.455 e. The molecular formula is C110H128N4O+4. The van der Waals surface area contributed by atoms with Crippen molar-refractivity contribution >= 4 is 54.6 Å². The number of nitrogens with zero attached hydrogens (tertiary/aromatic N) is 4. The number of hydrogen-bond donors (Lipinski definition) is 0. The molecule has 5 heterocycles. The van der Waals surface area contributed by atoms with Crippen molar-refractivity contribution in [3.8, 4) is 45.0 Å². The zero-order chi connectivity index (χ0) is 84.8. The van der Waals surface area contributed by atoms with Gasteiger partial charge in [-0.15, -0.1) is 0 Å². The lowest BCUT2D eigenvalue weighted by molar-refractivity contribution is -0.660. The van der Waals surface area contributed by atoms with E-state index in [1.54, 1.807) is 11.1 Å². The topological polar surface area (TPSA) is 28.7 Å². The van der Waals surface area contributed by atoms with Gasteiger partial charge in [-0.3, -0.25) is 0 Å². The number of aromatic nitrogens is 4. The second-order valence-corrected chi connectivity index (χ2v) is 37.8. The van der Waals surface area contributed by atoms with Gasteiger partial charge in [0.2, 0.25) is 39.3 Å². The Morgan fingerprint density at radius 3 is 1.52 bits per heavy atom. The first-order valence-corrected chi connectivity index (χ1v) is 44.4. The third-order valence-corrected chi connectivity index (χ3v) is 30.1. The van der Waals surface area contributed by atoms with Gasteiger partial charge in [-0.1, -0.05) is 154 Å². The molecule has 4 fully saturated rings. The molecule has 0 amide bonds. The van der Waals surface area contributed by atoms with Crippen molar-refractivity contribution < 1.29 is 30.9 Å². The van der Waals surface area contributed by atoms with Gasteiger partial charge in [0.1, 0.15) is 39.4 Å². The standard InChI is InChI=1S/C28H30NO.2C28H34N.C26H30N/c1-19-10-11-23-22-8-4-5-9-25(22)30-27(23)26(19)24-16-21-17-28(13-6-3-7-14-28)15-12-20(21)18-29(24)2;1-19-16-20(2)21(3)24(17-19)27-23-12-15-28(13-8-5-9-14-28)18-25(23)22-10-6-7-11-26(22)29(27)4;1-19-16-20(2)21(3)25(17-19)27-11-9-24-23-12-15-28(13-6-5-7-14-28)18-22(23)8-10-26(24)29(27)4;1-17-11-18(2)19(3)23(12-17)24-8-7-20-13-21-15-26(9-5-6-10-26)16-22(21)14-25(20)27(24)4/h4-5,8-11,16,18H,3,6-7,12-15,17H2,1-2H3;6-7,10-11,16-17H,5,8-9,12-15,18H2,1-4H3;8-11,16-17H,5-7,12-15,18H2,1-4H3;7-8,11-14H,5-6,9-10,15-16H2,1-4H3/q4*+1/i;12D2;18D2;16D2. The quantitative estimate of drug-likeness (QED) is 0.161. The number of pyridine rings is 4. The fourth-order valence-corrected chi connectivity index (χ4v) is 23.3. The lowest BCUT2D eigenvalue weighted by Gasteiger charge is -2.41. The number of benzene rings is 8. The molecular weight excluding hydrogens is 1390 g/mol. The molecule has 0 radical (unpaired) electrons. The normalized spacial score (nSPS) is 20.2. The summed E-state index contributed by atoms with van der Waals surface area (Å²) >= 11 is 0. The zero-order valence-corrected chi connectivity index (χ0v) is 71.8. The molecule has 0 atom stereocenters. The molecule has 4 saturated carbocycles. The molecule has 5 heteroatoms. The maximum Gasteiger partial charge on any atom is 0.216 e. The molecule has 8 aliphatic rings. The van der Waals surface area contributed by atoms with Crippen molar-refractivity contribution in [1.82, 2.24) is 0 Å². The molecule has 0 N–H and O–H groups in total. The number of para-hydroxylation sites is 2. The summed E-state index contributed by atoms with van der Waals surface area (Å²) in [7, 11) is 8.59. The maximum absolute atomic E-state index is 9.36. The smallest absolute Gasteiger partial charge is 0.216 e. The van der Waals surface area contributed by atoms with E-state index >= 15 is 0 Å². The van der Waals surface area contributed by atoms with E-state index < -0.39 is 19.1 Å². The Bertz CT molecular complexity index is 6330. The Morgan fingerprint density at radius 1 is 0.339 bits per heavy atom. The van der Waals surface area contributed by atoms with Crippen molar-refractivity contribution in [1.29, 1.82) is 0 Å². The van der Waals surface area contributed by atoms with Crippen molar-refractivity contribution in [2.75, 3.05) is 0 Å². The summed E-state index contributed by atoms with van der Waals surface area (Å²) < 4.78 is 70.7. The third kappa shape index (κ3) is 14.3. The van der Waals surface area contributed by atoms with Gasteiger partial charge in [-0.05, 0) is 334 Å². The predicted molar refractivity (Wildman–Crippen MR) is 480 cm³/mol. The van der Waals surface area contributed by atoms with Crippen molar-refractivity contribution in [2.45, 2.75) is 262 Å². The Morgan fingerprint density at radius 2 is 0.852 bits per heavy atom. The van der Waals surface area contributed by atoms with Gasteiger partial charge in [0, 0.05) is 99.4 Å². The summed E-state index contributed by atoms with van der Waals surface area (Å²) in [5.74, 6) is 0. The van der Waals surface area contributed by atoms with E-state index in [4.69, 9.17) is 7.16 Å². The molecule has 0 saturated heterocycles.